The lowest BCUT2D eigenvalue weighted by atomic mass is 10.2. The van der Waals surface area contributed by atoms with Crippen LogP contribution in [0.15, 0.2) is 36.5 Å². The van der Waals surface area contributed by atoms with E-state index in [9.17, 15) is 14.9 Å². The number of nitro groups is 1. The minimum Gasteiger partial charge on any atom is -0.478 e. The molecule has 1 aromatic heterocycles. The van der Waals surface area contributed by atoms with E-state index in [1.165, 1.54) is 6.07 Å². The first-order chi connectivity index (χ1) is 10.0. The molecule has 1 aromatic carbocycles. The zero-order chi connectivity index (χ0) is 15.4. The Kier molecular flexibility index (Phi) is 3.76. The van der Waals surface area contributed by atoms with Crippen LogP contribution in [0.1, 0.15) is 15.9 Å². The third-order valence-corrected chi connectivity index (χ3v) is 2.57. The molecule has 0 bridgehead atoms. The van der Waals surface area contributed by atoms with Crippen molar-refractivity contribution in [3.8, 4) is 6.07 Å². The number of nitrogens with zero attached hydrogens (tertiary/aromatic N) is 3. The third kappa shape index (κ3) is 3.10. The van der Waals surface area contributed by atoms with Crippen LogP contribution in [0.3, 0.4) is 0 Å². The van der Waals surface area contributed by atoms with E-state index in [0.29, 0.717) is 11.3 Å². The van der Waals surface area contributed by atoms with Crippen molar-refractivity contribution in [2.75, 3.05) is 5.32 Å². The van der Waals surface area contributed by atoms with Gasteiger partial charge in [-0.3, -0.25) is 10.1 Å². The Labute approximate surface area is 118 Å². The van der Waals surface area contributed by atoms with Gasteiger partial charge in [0.2, 0.25) is 5.82 Å². The number of aromatic carboxylic acids is 1. The smallest absolute Gasteiger partial charge is 0.337 e. The molecule has 2 N–H and O–H groups in total. The number of hydrogen-bond donors (Lipinski definition) is 2. The number of hydrogen-bond acceptors (Lipinski definition) is 6. The first-order valence-corrected chi connectivity index (χ1v) is 5.66. The molecular formula is C13H8N4O4. The summed E-state index contributed by atoms with van der Waals surface area (Å²) < 4.78 is 0. The minimum absolute atomic E-state index is 0.0971. The van der Waals surface area contributed by atoms with Gasteiger partial charge in [0.15, 0.2) is 0 Å². The van der Waals surface area contributed by atoms with Gasteiger partial charge in [-0.15, -0.1) is 0 Å². The molecule has 0 atom stereocenters. The summed E-state index contributed by atoms with van der Waals surface area (Å²) in [4.78, 5) is 24.8. The molecule has 0 unspecified atom stereocenters. The molecule has 0 aliphatic rings. The Morgan fingerprint density at radius 1 is 1.43 bits per heavy atom. The number of nitrogens with one attached hydrogen (secondary N) is 1. The van der Waals surface area contributed by atoms with Crippen LogP contribution in [-0.4, -0.2) is 21.0 Å². The maximum Gasteiger partial charge on any atom is 0.337 e. The van der Waals surface area contributed by atoms with Crippen molar-refractivity contribution in [3.63, 3.8) is 0 Å². The fourth-order valence-corrected chi connectivity index (χ4v) is 1.61. The maximum atomic E-state index is 11.0. The summed E-state index contributed by atoms with van der Waals surface area (Å²) in [7, 11) is 0. The highest BCUT2D eigenvalue weighted by Gasteiger charge is 2.19. The van der Waals surface area contributed by atoms with Gasteiger partial charge in [-0.2, -0.15) is 5.26 Å². The van der Waals surface area contributed by atoms with Gasteiger partial charge in [0.05, 0.1) is 22.1 Å². The Morgan fingerprint density at radius 3 is 2.81 bits per heavy atom. The van der Waals surface area contributed by atoms with Crippen LogP contribution in [0.25, 0.3) is 0 Å². The Hall–Kier alpha value is -3.47. The third-order valence-electron chi connectivity index (χ3n) is 2.57. The van der Waals surface area contributed by atoms with Crippen molar-refractivity contribution in [2.24, 2.45) is 0 Å². The Balaban J connectivity index is 2.41. The van der Waals surface area contributed by atoms with Gasteiger partial charge in [-0.1, -0.05) is 6.07 Å². The summed E-state index contributed by atoms with van der Waals surface area (Å²) in [5, 5.41) is 31.3. The fraction of sp³-hybridized carbons (Fsp3) is 0. The van der Waals surface area contributed by atoms with Gasteiger partial charge >= 0.3 is 11.7 Å². The van der Waals surface area contributed by atoms with Crippen molar-refractivity contribution in [2.45, 2.75) is 0 Å². The van der Waals surface area contributed by atoms with Crippen LogP contribution < -0.4 is 5.32 Å². The zero-order valence-corrected chi connectivity index (χ0v) is 10.5. The van der Waals surface area contributed by atoms with Crippen LogP contribution in [0, 0.1) is 21.4 Å². The normalized spacial score (nSPS) is 9.67. The predicted molar refractivity (Wildman–Crippen MR) is 72.3 cm³/mol. The largest absolute Gasteiger partial charge is 0.478 e. The second-order valence-corrected chi connectivity index (χ2v) is 3.97. The number of pyridine rings is 1. The molecule has 8 heteroatoms. The highest BCUT2D eigenvalue weighted by atomic mass is 16.6. The summed E-state index contributed by atoms with van der Waals surface area (Å²) in [6.45, 7) is 0. The monoisotopic (exact) mass is 284 g/mol. The summed E-state index contributed by atoms with van der Waals surface area (Å²) >= 11 is 0. The van der Waals surface area contributed by atoms with E-state index in [2.05, 4.69) is 10.3 Å². The van der Waals surface area contributed by atoms with Crippen molar-refractivity contribution in [1.29, 1.82) is 5.26 Å². The fourth-order valence-electron chi connectivity index (χ4n) is 1.61. The van der Waals surface area contributed by atoms with E-state index in [-0.39, 0.29) is 11.4 Å². The van der Waals surface area contributed by atoms with Gasteiger partial charge in [0.25, 0.3) is 0 Å². The number of carboxylic acid groups (broad SMARTS) is 1. The number of rotatable bonds is 4. The molecule has 1 heterocycles. The standard InChI is InChI=1S/C13H8N4O4/c14-6-8-2-1-3-10(4-8)16-12-11(17(20)21)5-9(7-15-12)13(18)19/h1-5,7H,(H,15,16)(H,18,19). The lowest BCUT2D eigenvalue weighted by Gasteiger charge is -2.06. The number of carboxylic acids is 1. The SMILES string of the molecule is N#Cc1cccc(Nc2ncc(C(=O)O)cc2[N+](=O)[O-])c1. The molecule has 0 saturated carbocycles. The molecule has 2 aromatic rings. The summed E-state index contributed by atoms with van der Waals surface area (Å²) in [5.41, 5.74) is 0.0767. The molecular weight excluding hydrogens is 276 g/mol. The van der Waals surface area contributed by atoms with Crippen LogP contribution in [0.5, 0.6) is 0 Å². The van der Waals surface area contributed by atoms with E-state index < -0.39 is 16.6 Å². The summed E-state index contributed by atoms with van der Waals surface area (Å²) in [6, 6.07) is 9.16. The maximum absolute atomic E-state index is 11.0. The molecule has 2 rings (SSSR count). The van der Waals surface area contributed by atoms with Crippen molar-refractivity contribution < 1.29 is 14.8 Å². The van der Waals surface area contributed by atoms with E-state index in [1.807, 2.05) is 6.07 Å². The van der Waals surface area contributed by atoms with Crippen LogP contribution >= 0.6 is 0 Å². The first-order valence-electron chi connectivity index (χ1n) is 5.66. The van der Waals surface area contributed by atoms with E-state index in [4.69, 9.17) is 10.4 Å². The van der Waals surface area contributed by atoms with Crippen molar-refractivity contribution in [3.05, 3.63) is 57.8 Å². The molecule has 0 fully saturated rings. The number of nitriles is 1. The lowest BCUT2D eigenvalue weighted by Crippen LogP contribution is -2.04. The highest BCUT2D eigenvalue weighted by molar-refractivity contribution is 5.89. The molecule has 21 heavy (non-hydrogen) atoms. The molecule has 0 spiro atoms. The average molecular weight is 284 g/mol. The zero-order valence-electron chi connectivity index (χ0n) is 10.5. The lowest BCUT2D eigenvalue weighted by molar-refractivity contribution is -0.384. The quantitative estimate of drug-likeness (QED) is 0.650. The van der Waals surface area contributed by atoms with Gasteiger partial charge in [0.1, 0.15) is 0 Å². The average Bonchev–Trinajstić information content (AvgIpc) is 2.47. The molecule has 0 radical (unpaired) electrons. The molecule has 0 saturated heterocycles. The molecule has 0 aliphatic heterocycles. The number of benzene rings is 1. The van der Waals surface area contributed by atoms with E-state index in [1.54, 1.807) is 18.2 Å². The second-order valence-electron chi connectivity index (χ2n) is 3.97. The van der Waals surface area contributed by atoms with E-state index in [0.717, 1.165) is 12.3 Å². The predicted octanol–water partition coefficient (Wildman–Crippen LogP) is 2.30. The van der Waals surface area contributed by atoms with Crippen molar-refractivity contribution in [1.82, 2.24) is 4.98 Å². The van der Waals surface area contributed by atoms with Gasteiger partial charge in [-0.05, 0) is 18.2 Å². The highest BCUT2D eigenvalue weighted by Crippen LogP contribution is 2.26. The Morgan fingerprint density at radius 2 is 2.19 bits per heavy atom. The van der Waals surface area contributed by atoms with Gasteiger partial charge < -0.3 is 10.4 Å². The summed E-state index contributed by atoms with van der Waals surface area (Å²) in [6.07, 6.45) is 1.02. The van der Waals surface area contributed by atoms with Gasteiger partial charge in [-0.25, -0.2) is 9.78 Å². The number of anilines is 2. The van der Waals surface area contributed by atoms with Crippen LogP contribution in [0.4, 0.5) is 17.2 Å². The van der Waals surface area contributed by atoms with Crippen molar-refractivity contribution >= 4 is 23.2 Å². The molecule has 104 valence electrons. The minimum atomic E-state index is -1.30. The first kappa shape index (κ1) is 14.0. The second kappa shape index (κ2) is 5.66. The molecule has 0 aliphatic carbocycles. The summed E-state index contributed by atoms with van der Waals surface area (Å²) in [5.74, 6) is -1.40. The topological polar surface area (TPSA) is 129 Å². The number of carbonyl (C=O) groups is 1. The molecule has 8 nitrogen and oxygen atoms in total. The van der Waals surface area contributed by atoms with E-state index >= 15 is 0 Å². The van der Waals surface area contributed by atoms with Crippen LogP contribution in [0.2, 0.25) is 0 Å². The van der Waals surface area contributed by atoms with Gasteiger partial charge in [0, 0.05) is 18.0 Å². The molecule has 0 amide bonds. The Bertz CT molecular complexity index is 767. The van der Waals surface area contributed by atoms with Crippen LogP contribution in [-0.2, 0) is 0 Å². The number of aromatic nitrogens is 1.